The maximum absolute atomic E-state index is 10.7. The van der Waals surface area contributed by atoms with E-state index in [0.29, 0.717) is 5.75 Å². The highest BCUT2D eigenvalue weighted by Crippen LogP contribution is 2.26. The number of hydrogen-bond acceptors (Lipinski definition) is 4. The molecule has 0 aliphatic heterocycles. The first kappa shape index (κ1) is 25.2. The zero-order chi connectivity index (χ0) is 22.4. The van der Waals surface area contributed by atoms with Crippen LogP contribution in [0, 0.1) is 0 Å². The van der Waals surface area contributed by atoms with Crippen molar-refractivity contribution in [3.63, 3.8) is 0 Å². The Morgan fingerprint density at radius 2 is 1.32 bits per heavy atom. The van der Waals surface area contributed by atoms with E-state index < -0.39 is 10.1 Å². The fourth-order valence-corrected chi connectivity index (χ4v) is 3.85. The molecule has 0 spiro atoms. The van der Waals surface area contributed by atoms with Crippen molar-refractivity contribution in [2.75, 3.05) is 19.0 Å². The van der Waals surface area contributed by atoms with Crippen LogP contribution in [0.3, 0.4) is 0 Å². The SMILES string of the molecule is CCCCCCCCCCOc1cccc(-c2ccc(OCCCS(=O)(=O)O)cc2)c1. The van der Waals surface area contributed by atoms with Gasteiger partial charge in [0, 0.05) is 0 Å². The minimum atomic E-state index is -3.93. The van der Waals surface area contributed by atoms with Gasteiger partial charge in [0.1, 0.15) is 11.5 Å². The molecule has 6 heteroatoms. The van der Waals surface area contributed by atoms with Crippen LogP contribution in [-0.2, 0) is 10.1 Å². The molecule has 172 valence electrons. The molecule has 0 amide bonds. The van der Waals surface area contributed by atoms with Gasteiger partial charge in [0.05, 0.1) is 19.0 Å². The Bertz CT molecular complexity index is 846. The lowest BCUT2D eigenvalue weighted by Crippen LogP contribution is -2.08. The number of unbranched alkanes of at least 4 members (excludes halogenated alkanes) is 7. The molecule has 0 aliphatic carbocycles. The lowest BCUT2D eigenvalue weighted by atomic mass is 10.1. The first-order valence-electron chi connectivity index (χ1n) is 11.4. The van der Waals surface area contributed by atoms with Crippen LogP contribution in [0.25, 0.3) is 11.1 Å². The van der Waals surface area contributed by atoms with Crippen molar-refractivity contribution in [2.24, 2.45) is 0 Å². The van der Waals surface area contributed by atoms with E-state index in [0.717, 1.165) is 29.9 Å². The lowest BCUT2D eigenvalue weighted by molar-refractivity contribution is 0.304. The highest BCUT2D eigenvalue weighted by Gasteiger charge is 2.05. The summed E-state index contributed by atoms with van der Waals surface area (Å²) < 4.78 is 41.6. The molecule has 0 saturated carbocycles. The van der Waals surface area contributed by atoms with Gasteiger partial charge in [-0.15, -0.1) is 0 Å². The average molecular weight is 449 g/mol. The third kappa shape index (κ3) is 11.2. The lowest BCUT2D eigenvalue weighted by Gasteiger charge is -2.10. The largest absolute Gasteiger partial charge is 0.494 e. The normalized spacial score (nSPS) is 11.4. The van der Waals surface area contributed by atoms with Crippen LogP contribution in [0.4, 0.5) is 0 Å². The third-order valence-corrected chi connectivity index (χ3v) is 5.91. The van der Waals surface area contributed by atoms with Gasteiger partial charge in [-0.2, -0.15) is 8.42 Å². The van der Waals surface area contributed by atoms with Crippen molar-refractivity contribution in [1.82, 2.24) is 0 Å². The van der Waals surface area contributed by atoms with E-state index in [-0.39, 0.29) is 18.8 Å². The van der Waals surface area contributed by atoms with Gasteiger partial charge in [0.2, 0.25) is 0 Å². The average Bonchev–Trinajstić information content (AvgIpc) is 2.76. The molecule has 0 fully saturated rings. The summed E-state index contributed by atoms with van der Waals surface area (Å²) >= 11 is 0. The predicted molar refractivity (Wildman–Crippen MR) is 127 cm³/mol. The Hall–Kier alpha value is -2.05. The summed E-state index contributed by atoms with van der Waals surface area (Å²) in [6.45, 7) is 3.23. The van der Waals surface area contributed by atoms with Gasteiger partial charge >= 0.3 is 0 Å². The Kier molecular flexibility index (Phi) is 11.5. The number of rotatable bonds is 16. The second kappa shape index (κ2) is 14.1. The molecule has 0 saturated heterocycles. The second-order valence-electron chi connectivity index (χ2n) is 7.86. The topological polar surface area (TPSA) is 72.8 Å². The van der Waals surface area contributed by atoms with Crippen LogP contribution in [0.15, 0.2) is 48.5 Å². The Morgan fingerprint density at radius 3 is 2.00 bits per heavy atom. The molecule has 2 aromatic rings. The zero-order valence-electron chi connectivity index (χ0n) is 18.6. The van der Waals surface area contributed by atoms with Gasteiger partial charge in [-0.05, 0) is 48.2 Å². The quantitative estimate of drug-likeness (QED) is 0.233. The van der Waals surface area contributed by atoms with Crippen molar-refractivity contribution < 1.29 is 22.4 Å². The third-order valence-electron chi connectivity index (χ3n) is 5.10. The predicted octanol–water partition coefficient (Wildman–Crippen LogP) is 6.53. The van der Waals surface area contributed by atoms with Crippen molar-refractivity contribution in [3.8, 4) is 22.6 Å². The fraction of sp³-hybridized carbons (Fsp3) is 0.520. The van der Waals surface area contributed by atoms with Gasteiger partial charge in [-0.25, -0.2) is 0 Å². The molecule has 0 atom stereocenters. The van der Waals surface area contributed by atoms with E-state index in [4.69, 9.17) is 14.0 Å². The molecule has 1 N–H and O–H groups in total. The van der Waals surface area contributed by atoms with Crippen molar-refractivity contribution in [3.05, 3.63) is 48.5 Å². The van der Waals surface area contributed by atoms with E-state index in [1.165, 1.54) is 44.9 Å². The van der Waals surface area contributed by atoms with Gasteiger partial charge in [0.25, 0.3) is 10.1 Å². The summed E-state index contributed by atoms with van der Waals surface area (Å²) in [6.07, 6.45) is 10.5. The van der Waals surface area contributed by atoms with E-state index in [2.05, 4.69) is 6.92 Å². The summed E-state index contributed by atoms with van der Waals surface area (Å²) in [5.74, 6) is 1.25. The molecule has 31 heavy (non-hydrogen) atoms. The molecule has 0 aromatic heterocycles. The highest BCUT2D eigenvalue weighted by atomic mass is 32.2. The monoisotopic (exact) mass is 448 g/mol. The van der Waals surface area contributed by atoms with Crippen molar-refractivity contribution in [1.29, 1.82) is 0 Å². The Labute approximate surface area is 187 Å². The zero-order valence-corrected chi connectivity index (χ0v) is 19.4. The van der Waals surface area contributed by atoms with E-state index in [1.54, 1.807) is 0 Å². The number of ether oxygens (including phenoxy) is 2. The summed E-state index contributed by atoms with van der Waals surface area (Å²) in [5.41, 5.74) is 2.13. The van der Waals surface area contributed by atoms with Crippen LogP contribution in [0.5, 0.6) is 11.5 Å². The van der Waals surface area contributed by atoms with Crippen LogP contribution in [0.2, 0.25) is 0 Å². The molecule has 0 aliphatic rings. The summed E-state index contributed by atoms with van der Waals surface area (Å²) in [6, 6.07) is 15.7. The van der Waals surface area contributed by atoms with Crippen LogP contribution >= 0.6 is 0 Å². The second-order valence-corrected chi connectivity index (χ2v) is 9.44. The smallest absolute Gasteiger partial charge is 0.264 e. The number of hydrogen-bond donors (Lipinski definition) is 1. The van der Waals surface area contributed by atoms with E-state index in [9.17, 15) is 8.42 Å². The molecule has 5 nitrogen and oxygen atoms in total. The summed E-state index contributed by atoms with van der Waals surface area (Å²) in [4.78, 5) is 0. The molecule has 0 bridgehead atoms. The molecular weight excluding hydrogens is 412 g/mol. The molecule has 0 unspecified atom stereocenters. The molecule has 0 radical (unpaired) electrons. The molecular formula is C25H36O5S. The maximum Gasteiger partial charge on any atom is 0.264 e. The fourth-order valence-electron chi connectivity index (χ4n) is 3.37. The molecule has 0 heterocycles. The standard InChI is InChI=1S/C25H36O5S/c1-2-3-4-5-6-7-8-9-18-30-25-13-10-12-23(21-25)22-14-16-24(17-15-22)29-19-11-20-31(26,27)28/h10,12-17,21H,2-9,11,18-20H2,1H3,(H,26,27,28). The minimum absolute atomic E-state index is 0.237. The van der Waals surface area contributed by atoms with Gasteiger partial charge in [0.15, 0.2) is 0 Å². The molecule has 2 rings (SSSR count). The van der Waals surface area contributed by atoms with Gasteiger partial charge < -0.3 is 9.47 Å². The summed E-state index contributed by atoms with van der Waals surface area (Å²) in [7, 11) is -3.93. The van der Waals surface area contributed by atoms with Crippen LogP contribution < -0.4 is 9.47 Å². The first-order chi connectivity index (χ1) is 15.0. The maximum atomic E-state index is 10.7. The minimum Gasteiger partial charge on any atom is -0.494 e. The van der Waals surface area contributed by atoms with Gasteiger partial charge in [-0.1, -0.05) is 76.1 Å². The molecule has 2 aromatic carbocycles. The Balaban J connectivity index is 1.72. The van der Waals surface area contributed by atoms with Gasteiger partial charge in [-0.3, -0.25) is 4.55 Å². The first-order valence-corrected chi connectivity index (χ1v) is 13.0. The Morgan fingerprint density at radius 1 is 0.710 bits per heavy atom. The van der Waals surface area contributed by atoms with Crippen LogP contribution in [0.1, 0.15) is 64.7 Å². The van der Waals surface area contributed by atoms with Crippen LogP contribution in [-0.4, -0.2) is 31.9 Å². The number of benzene rings is 2. The van der Waals surface area contributed by atoms with Crippen molar-refractivity contribution in [2.45, 2.75) is 64.7 Å². The summed E-state index contributed by atoms with van der Waals surface area (Å²) in [5, 5.41) is 0. The van der Waals surface area contributed by atoms with E-state index in [1.807, 2.05) is 48.5 Å². The van der Waals surface area contributed by atoms with Crippen molar-refractivity contribution >= 4 is 10.1 Å². The highest BCUT2D eigenvalue weighted by molar-refractivity contribution is 7.85. The van der Waals surface area contributed by atoms with E-state index >= 15 is 0 Å².